The number of carbonyl (C=O) groups is 2. The van der Waals surface area contributed by atoms with Crippen molar-refractivity contribution in [2.45, 2.75) is 19.6 Å². The maximum atomic E-state index is 12.5. The van der Waals surface area contributed by atoms with Gasteiger partial charge in [0, 0.05) is 0 Å². The van der Waals surface area contributed by atoms with E-state index in [-0.39, 0.29) is 23.9 Å². The van der Waals surface area contributed by atoms with Gasteiger partial charge in [-0.2, -0.15) is 8.78 Å². The Morgan fingerprint density at radius 1 is 1.23 bits per heavy atom. The molecule has 1 aliphatic rings. The molecular weight excluding hydrogens is 346 g/mol. The Balaban J connectivity index is 1.78. The number of halogens is 2. The van der Waals surface area contributed by atoms with Crippen LogP contribution < -0.4 is 19.7 Å². The van der Waals surface area contributed by atoms with Crippen LogP contribution in [-0.2, 0) is 9.59 Å². The number of nitrogens with zero attached hydrogens (tertiary/aromatic N) is 1. The molecule has 8 heteroatoms. The van der Waals surface area contributed by atoms with E-state index in [2.05, 4.69) is 10.1 Å². The van der Waals surface area contributed by atoms with E-state index in [1.54, 1.807) is 37.3 Å². The summed E-state index contributed by atoms with van der Waals surface area (Å²) < 4.78 is 34.8. The average Bonchev–Trinajstić information content (AvgIpc) is 2.60. The van der Waals surface area contributed by atoms with E-state index in [1.165, 1.54) is 23.1 Å². The monoisotopic (exact) mass is 362 g/mol. The minimum Gasteiger partial charge on any atom is -0.479 e. The second kappa shape index (κ2) is 7.38. The number of ether oxygens (including phenoxy) is 2. The van der Waals surface area contributed by atoms with E-state index in [1.807, 2.05) is 0 Å². The molecule has 6 nitrogen and oxygen atoms in total. The minimum absolute atomic E-state index is 0.0971. The normalized spacial score (nSPS) is 16.1. The SMILES string of the molecule is CC1Oc2ccccc2N(CC(=O)Nc2ccccc2OC(F)F)C1=O. The number of hydrogen-bond acceptors (Lipinski definition) is 4. The maximum absolute atomic E-state index is 12.5. The van der Waals surface area contributed by atoms with Crippen LogP contribution in [0.5, 0.6) is 11.5 Å². The number of anilines is 2. The fourth-order valence-corrected chi connectivity index (χ4v) is 2.62. The largest absolute Gasteiger partial charge is 0.479 e. The summed E-state index contributed by atoms with van der Waals surface area (Å²) in [5.74, 6) is -0.574. The molecule has 0 saturated heterocycles. The number of benzene rings is 2. The van der Waals surface area contributed by atoms with E-state index in [0.29, 0.717) is 11.4 Å². The predicted octanol–water partition coefficient (Wildman–Crippen LogP) is 3.04. The van der Waals surface area contributed by atoms with Crippen molar-refractivity contribution in [3.05, 3.63) is 48.5 Å². The number of alkyl halides is 2. The van der Waals surface area contributed by atoms with Crippen molar-refractivity contribution in [3.63, 3.8) is 0 Å². The number of hydrogen-bond donors (Lipinski definition) is 1. The summed E-state index contributed by atoms with van der Waals surface area (Å²) in [6.07, 6.45) is -0.729. The van der Waals surface area contributed by atoms with Crippen molar-refractivity contribution < 1.29 is 27.8 Å². The molecule has 1 aliphatic heterocycles. The summed E-state index contributed by atoms with van der Waals surface area (Å²) in [4.78, 5) is 26.1. The lowest BCUT2D eigenvalue weighted by atomic mass is 10.2. The first kappa shape index (κ1) is 17.7. The lowest BCUT2D eigenvalue weighted by Crippen LogP contribution is -2.47. The Morgan fingerprint density at radius 3 is 2.69 bits per heavy atom. The van der Waals surface area contributed by atoms with E-state index >= 15 is 0 Å². The quantitative estimate of drug-likeness (QED) is 0.888. The zero-order chi connectivity index (χ0) is 18.7. The van der Waals surface area contributed by atoms with Crippen LogP contribution in [0.2, 0.25) is 0 Å². The van der Waals surface area contributed by atoms with Gasteiger partial charge in [-0.15, -0.1) is 0 Å². The molecule has 26 heavy (non-hydrogen) atoms. The molecule has 2 aromatic carbocycles. The summed E-state index contributed by atoms with van der Waals surface area (Å²) >= 11 is 0. The number of amides is 2. The van der Waals surface area contributed by atoms with E-state index in [0.717, 1.165) is 0 Å². The number of carbonyl (C=O) groups excluding carboxylic acids is 2. The molecule has 2 aromatic rings. The van der Waals surface area contributed by atoms with E-state index in [4.69, 9.17) is 4.74 Å². The van der Waals surface area contributed by atoms with Crippen molar-refractivity contribution in [1.82, 2.24) is 0 Å². The summed E-state index contributed by atoms with van der Waals surface area (Å²) in [5, 5.41) is 2.50. The van der Waals surface area contributed by atoms with Crippen LogP contribution in [-0.4, -0.2) is 31.1 Å². The molecule has 0 fully saturated rings. The molecule has 2 amide bonds. The minimum atomic E-state index is -3.01. The molecule has 0 radical (unpaired) electrons. The molecule has 0 aromatic heterocycles. The van der Waals surface area contributed by atoms with Gasteiger partial charge in [0.15, 0.2) is 6.10 Å². The van der Waals surface area contributed by atoms with Gasteiger partial charge in [-0.3, -0.25) is 14.5 Å². The summed E-state index contributed by atoms with van der Waals surface area (Å²) in [6, 6.07) is 12.7. The summed E-state index contributed by atoms with van der Waals surface area (Å²) in [7, 11) is 0. The summed E-state index contributed by atoms with van der Waals surface area (Å²) in [5.41, 5.74) is 0.572. The highest BCUT2D eigenvalue weighted by Gasteiger charge is 2.32. The van der Waals surface area contributed by atoms with Crippen molar-refractivity contribution in [1.29, 1.82) is 0 Å². The molecule has 1 atom stereocenters. The highest BCUT2D eigenvalue weighted by atomic mass is 19.3. The van der Waals surface area contributed by atoms with Crippen LogP contribution in [0.15, 0.2) is 48.5 Å². The Labute approximate surface area is 148 Å². The first-order chi connectivity index (χ1) is 12.5. The standard InChI is InChI=1S/C18H16F2N2O4/c1-11-17(24)22(13-7-3-5-9-15(13)25-11)10-16(23)21-12-6-2-4-8-14(12)26-18(19)20/h2-9,11,18H,10H2,1H3,(H,21,23). The molecule has 0 bridgehead atoms. The lowest BCUT2D eigenvalue weighted by molar-refractivity contribution is -0.127. The van der Waals surface area contributed by atoms with Gasteiger partial charge in [-0.25, -0.2) is 0 Å². The van der Waals surface area contributed by atoms with Crippen molar-refractivity contribution in [3.8, 4) is 11.5 Å². The number of rotatable bonds is 5. The zero-order valence-electron chi connectivity index (χ0n) is 13.8. The van der Waals surface area contributed by atoms with Crippen LogP contribution in [0.3, 0.4) is 0 Å². The molecular formula is C18H16F2N2O4. The van der Waals surface area contributed by atoms with Crippen LogP contribution in [0.1, 0.15) is 6.92 Å². The van der Waals surface area contributed by atoms with Crippen molar-refractivity contribution >= 4 is 23.2 Å². The van der Waals surface area contributed by atoms with E-state index in [9.17, 15) is 18.4 Å². The first-order valence-corrected chi connectivity index (χ1v) is 7.86. The Bertz CT molecular complexity index is 828. The van der Waals surface area contributed by atoms with Crippen LogP contribution >= 0.6 is 0 Å². The van der Waals surface area contributed by atoms with Crippen LogP contribution in [0.25, 0.3) is 0 Å². The lowest BCUT2D eigenvalue weighted by Gasteiger charge is -2.32. The third-order valence-corrected chi connectivity index (χ3v) is 3.75. The Kier molecular flexibility index (Phi) is 5.01. The summed E-state index contributed by atoms with van der Waals surface area (Å²) in [6.45, 7) is -1.71. The van der Waals surface area contributed by atoms with Gasteiger partial charge in [0.25, 0.3) is 5.91 Å². The first-order valence-electron chi connectivity index (χ1n) is 7.86. The van der Waals surface area contributed by atoms with Gasteiger partial charge in [-0.1, -0.05) is 24.3 Å². The zero-order valence-corrected chi connectivity index (χ0v) is 13.8. The fourth-order valence-electron chi connectivity index (χ4n) is 2.62. The highest BCUT2D eigenvalue weighted by Crippen LogP contribution is 2.33. The fraction of sp³-hybridized carbons (Fsp3) is 0.222. The second-order valence-corrected chi connectivity index (χ2v) is 5.58. The van der Waals surface area contributed by atoms with E-state index < -0.39 is 18.6 Å². The third kappa shape index (κ3) is 3.74. The third-order valence-electron chi connectivity index (χ3n) is 3.75. The topological polar surface area (TPSA) is 67.9 Å². The van der Waals surface area contributed by atoms with Gasteiger partial charge >= 0.3 is 6.61 Å². The molecule has 0 aliphatic carbocycles. The van der Waals surface area contributed by atoms with Crippen LogP contribution in [0.4, 0.5) is 20.2 Å². The Hall–Kier alpha value is -3.16. The maximum Gasteiger partial charge on any atom is 0.387 e. The number of nitrogens with one attached hydrogen (secondary N) is 1. The van der Waals surface area contributed by atoms with Gasteiger partial charge in [-0.05, 0) is 31.2 Å². The Morgan fingerprint density at radius 2 is 1.92 bits per heavy atom. The second-order valence-electron chi connectivity index (χ2n) is 5.58. The molecule has 1 heterocycles. The van der Waals surface area contributed by atoms with Crippen LogP contribution in [0, 0.1) is 0 Å². The van der Waals surface area contributed by atoms with Gasteiger partial charge in [0.2, 0.25) is 5.91 Å². The van der Waals surface area contributed by atoms with Crippen molar-refractivity contribution in [2.24, 2.45) is 0 Å². The average molecular weight is 362 g/mol. The molecule has 0 spiro atoms. The van der Waals surface area contributed by atoms with Crippen molar-refractivity contribution in [2.75, 3.05) is 16.8 Å². The predicted molar refractivity (Wildman–Crippen MR) is 90.6 cm³/mol. The molecule has 1 unspecified atom stereocenters. The smallest absolute Gasteiger partial charge is 0.387 e. The van der Waals surface area contributed by atoms with Gasteiger partial charge in [0.05, 0.1) is 11.4 Å². The number of fused-ring (bicyclic) bond motifs is 1. The van der Waals surface area contributed by atoms with Gasteiger partial charge in [0.1, 0.15) is 18.0 Å². The molecule has 0 saturated carbocycles. The van der Waals surface area contributed by atoms with Gasteiger partial charge < -0.3 is 14.8 Å². The molecule has 1 N–H and O–H groups in total. The molecule has 3 rings (SSSR count). The molecule has 136 valence electrons. The highest BCUT2D eigenvalue weighted by molar-refractivity contribution is 6.06. The number of para-hydroxylation sites is 4.